The summed E-state index contributed by atoms with van der Waals surface area (Å²) in [5, 5.41) is 3.51. The van der Waals surface area contributed by atoms with Crippen molar-refractivity contribution in [1.82, 2.24) is 4.90 Å². The summed E-state index contributed by atoms with van der Waals surface area (Å²) in [5.74, 6) is -0.804. The minimum absolute atomic E-state index is 0.0394. The summed E-state index contributed by atoms with van der Waals surface area (Å²) < 4.78 is 5.20. The molecule has 0 saturated carbocycles. The number of amidine groups is 1. The second-order valence-electron chi connectivity index (χ2n) is 6.40. The van der Waals surface area contributed by atoms with Crippen molar-refractivity contribution in [3.63, 3.8) is 0 Å². The van der Waals surface area contributed by atoms with Gasteiger partial charge < -0.3 is 10.1 Å². The molecule has 27 heavy (non-hydrogen) atoms. The van der Waals surface area contributed by atoms with Crippen molar-refractivity contribution >= 4 is 51.1 Å². The van der Waals surface area contributed by atoms with Crippen molar-refractivity contribution < 1.29 is 19.1 Å². The molecule has 1 aliphatic heterocycles. The molecule has 0 spiro atoms. The molecule has 1 fully saturated rings. The molecule has 1 aliphatic carbocycles. The predicted molar refractivity (Wildman–Crippen MR) is 108 cm³/mol. The van der Waals surface area contributed by atoms with Crippen molar-refractivity contribution in [1.29, 1.82) is 0 Å². The summed E-state index contributed by atoms with van der Waals surface area (Å²) in [6.07, 6.45) is 3.90. The highest BCUT2D eigenvalue weighted by atomic mass is 32.2. The number of thiophene rings is 1. The Morgan fingerprint density at radius 2 is 2.07 bits per heavy atom. The van der Waals surface area contributed by atoms with Gasteiger partial charge in [-0.05, 0) is 38.2 Å². The Kier molecular flexibility index (Phi) is 6.21. The average molecular weight is 410 g/mol. The maximum absolute atomic E-state index is 12.6. The molecule has 1 N–H and O–H groups in total. The van der Waals surface area contributed by atoms with Gasteiger partial charge in [-0.15, -0.1) is 11.3 Å². The molecule has 2 heterocycles. The quantitative estimate of drug-likeness (QED) is 0.756. The Bertz CT molecular complexity index is 803. The Morgan fingerprint density at radius 3 is 2.74 bits per heavy atom. The zero-order valence-corrected chi connectivity index (χ0v) is 17.3. The Morgan fingerprint density at radius 1 is 1.33 bits per heavy atom. The van der Waals surface area contributed by atoms with Crippen LogP contribution in [0, 0.1) is 0 Å². The molecule has 1 saturated heterocycles. The smallest absolute Gasteiger partial charge is 0.341 e. The van der Waals surface area contributed by atoms with Crippen LogP contribution >= 0.6 is 23.1 Å². The number of rotatable bonds is 5. The second-order valence-corrected chi connectivity index (χ2v) is 8.67. The van der Waals surface area contributed by atoms with Crippen molar-refractivity contribution in [2.24, 2.45) is 4.99 Å². The van der Waals surface area contributed by atoms with Crippen LogP contribution in [0.2, 0.25) is 0 Å². The van der Waals surface area contributed by atoms with Crippen LogP contribution in [0.1, 0.15) is 47.0 Å². The van der Waals surface area contributed by atoms with Gasteiger partial charge in [-0.2, -0.15) is 0 Å². The first-order valence-corrected chi connectivity index (χ1v) is 10.7. The number of amides is 2. The largest absolute Gasteiger partial charge is 0.462 e. The molecule has 0 aromatic carbocycles. The normalized spacial score (nSPS) is 20.7. The number of ether oxygens (including phenoxy) is 1. The molecule has 146 valence electrons. The topological polar surface area (TPSA) is 88.1 Å². The highest BCUT2D eigenvalue weighted by molar-refractivity contribution is 8.15. The highest BCUT2D eigenvalue weighted by Gasteiger charge is 2.37. The number of esters is 1. The molecular weight excluding hydrogens is 386 g/mol. The minimum Gasteiger partial charge on any atom is -0.462 e. The molecular formula is C18H23N3O4S2. The van der Waals surface area contributed by atoms with Gasteiger partial charge in [0.15, 0.2) is 5.17 Å². The van der Waals surface area contributed by atoms with E-state index in [1.165, 1.54) is 28.0 Å². The zero-order valence-electron chi connectivity index (χ0n) is 15.7. The van der Waals surface area contributed by atoms with Crippen LogP contribution in [0.4, 0.5) is 5.00 Å². The summed E-state index contributed by atoms with van der Waals surface area (Å²) >= 11 is 2.74. The number of nitrogens with one attached hydrogen (secondary N) is 1. The number of carbonyl (C=O) groups is 3. The fraction of sp³-hybridized carbons (Fsp3) is 0.556. The van der Waals surface area contributed by atoms with E-state index in [4.69, 9.17) is 4.74 Å². The monoisotopic (exact) mass is 409 g/mol. The maximum Gasteiger partial charge on any atom is 0.341 e. The molecule has 0 bridgehead atoms. The summed E-state index contributed by atoms with van der Waals surface area (Å²) in [6, 6.07) is 0. The highest BCUT2D eigenvalue weighted by Crippen LogP contribution is 2.39. The van der Waals surface area contributed by atoms with Gasteiger partial charge in [0.05, 0.1) is 12.2 Å². The van der Waals surface area contributed by atoms with E-state index >= 15 is 0 Å². The first-order chi connectivity index (χ1) is 13.0. The van der Waals surface area contributed by atoms with Gasteiger partial charge in [0.25, 0.3) is 0 Å². The van der Waals surface area contributed by atoms with Gasteiger partial charge >= 0.3 is 5.97 Å². The number of thioether (sulfide) groups is 1. The third kappa shape index (κ3) is 4.03. The molecule has 2 amide bonds. The lowest BCUT2D eigenvalue weighted by atomic mass is 9.95. The van der Waals surface area contributed by atoms with Crippen LogP contribution < -0.4 is 5.32 Å². The van der Waals surface area contributed by atoms with Gasteiger partial charge in [0.2, 0.25) is 11.8 Å². The number of anilines is 1. The lowest BCUT2D eigenvalue weighted by molar-refractivity contribution is -0.127. The molecule has 1 aromatic heterocycles. The van der Waals surface area contributed by atoms with E-state index in [0.29, 0.717) is 15.7 Å². The standard InChI is InChI=1S/C18H23N3O4S2/c1-4-25-17(24)14-10-7-5-6-8-11(10)26-15(14)20-13(22)9-12-16(23)21(3)18(19-2)27-12/h12H,4-9H2,1-3H3,(H,20,22)/t12-/m1/s1. The summed E-state index contributed by atoms with van der Waals surface area (Å²) in [7, 11) is 3.28. The van der Waals surface area contributed by atoms with E-state index in [1.54, 1.807) is 21.0 Å². The van der Waals surface area contributed by atoms with Gasteiger partial charge in [-0.1, -0.05) is 11.8 Å². The van der Waals surface area contributed by atoms with Crippen LogP contribution in [0.15, 0.2) is 4.99 Å². The van der Waals surface area contributed by atoms with E-state index in [2.05, 4.69) is 10.3 Å². The van der Waals surface area contributed by atoms with E-state index in [9.17, 15) is 14.4 Å². The number of carbonyl (C=O) groups excluding carboxylic acids is 3. The third-order valence-corrected chi connectivity index (χ3v) is 7.13. The van der Waals surface area contributed by atoms with E-state index in [0.717, 1.165) is 36.1 Å². The number of aryl methyl sites for hydroxylation is 1. The zero-order chi connectivity index (χ0) is 19.6. The molecule has 0 radical (unpaired) electrons. The van der Waals surface area contributed by atoms with Crippen molar-refractivity contribution in [3.05, 3.63) is 16.0 Å². The third-order valence-electron chi connectivity index (χ3n) is 4.61. The summed E-state index contributed by atoms with van der Waals surface area (Å²) in [4.78, 5) is 44.0. The van der Waals surface area contributed by atoms with E-state index < -0.39 is 11.2 Å². The summed E-state index contributed by atoms with van der Waals surface area (Å²) in [5.41, 5.74) is 1.50. The van der Waals surface area contributed by atoms with E-state index in [1.807, 2.05) is 0 Å². The lowest BCUT2D eigenvalue weighted by Gasteiger charge is -2.12. The van der Waals surface area contributed by atoms with Crippen LogP contribution in [0.5, 0.6) is 0 Å². The number of hydrogen-bond acceptors (Lipinski definition) is 7. The Hall–Kier alpha value is -1.87. The summed E-state index contributed by atoms with van der Waals surface area (Å²) in [6.45, 7) is 2.05. The molecule has 1 atom stereocenters. The molecule has 2 aliphatic rings. The van der Waals surface area contributed by atoms with Crippen LogP contribution in [0.25, 0.3) is 0 Å². The van der Waals surface area contributed by atoms with Crippen molar-refractivity contribution in [2.45, 2.75) is 44.3 Å². The average Bonchev–Trinajstić information content (AvgIpc) is 3.13. The molecule has 1 aromatic rings. The maximum atomic E-state index is 12.6. The fourth-order valence-corrected chi connectivity index (χ4v) is 5.71. The SMILES string of the molecule is CCOC(=O)c1c(NC(=O)C[C@H]2SC(=NC)N(C)C2=O)sc2c1CCCC2. The van der Waals surface area contributed by atoms with Gasteiger partial charge in [0.1, 0.15) is 10.3 Å². The number of aliphatic imine (C=N–C) groups is 1. The predicted octanol–water partition coefficient (Wildman–Crippen LogP) is 2.69. The van der Waals surface area contributed by atoms with Crippen LogP contribution in [-0.4, -0.2) is 53.8 Å². The first-order valence-electron chi connectivity index (χ1n) is 8.98. The van der Waals surface area contributed by atoms with Gasteiger partial charge in [-0.3, -0.25) is 19.5 Å². The molecule has 9 heteroatoms. The van der Waals surface area contributed by atoms with Crippen LogP contribution in [-0.2, 0) is 27.2 Å². The number of fused-ring (bicyclic) bond motifs is 1. The fourth-order valence-electron chi connectivity index (χ4n) is 3.32. The molecule has 0 unspecified atom stereocenters. The van der Waals surface area contributed by atoms with Crippen LogP contribution in [0.3, 0.4) is 0 Å². The Labute approximate surface area is 166 Å². The van der Waals surface area contributed by atoms with Crippen molar-refractivity contribution in [3.8, 4) is 0 Å². The van der Waals surface area contributed by atoms with Gasteiger partial charge in [0, 0.05) is 25.4 Å². The van der Waals surface area contributed by atoms with E-state index in [-0.39, 0.29) is 24.8 Å². The van der Waals surface area contributed by atoms with Crippen molar-refractivity contribution in [2.75, 3.05) is 26.0 Å². The number of nitrogens with zero attached hydrogens (tertiary/aromatic N) is 2. The first kappa shape index (κ1) is 19.9. The number of hydrogen-bond donors (Lipinski definition) is 1. The van der Waals surface area contributed by atoms with Gasteiger partial charge in [-0.25, -0.2) is 4.79 Å². The Balaban J connectivity index is 1.77. The minimum atomic E-state index is -0.491. The molecule has 3 rings (SSSR count). The molecule has 7 nitrogen and oxygen atoms in total. The second kappa shape index (κ2) is 8.43. The lowest BCUT2D eigenvalue weighted by Crippen LogP contribution is -2.30.